The fourth-order valence-corrected chi connectivity index (χ4v) is 6.71. The molecule has 1 saturated heterocycles. The number of nitrogens with one attached hydrogen (secondary N) is 1. The maximum absolute atomic E-state index is 14.0. The van der Waals surface area contributed by atoms with E-state index in [0.717, 1.165) is 23.8 Å². The lowest BCUT2D eigenvalue weighted by Gasteiger charge is -2.26. The molecule has 2 heterocycles. The first-order valence-electron chi connectivity index (χ1n) is 11.6. The summed E-state index contributed by atoms with van der Waals surface area (Å²) in [6, 6.07) is 8.91. The topological polar surface area (TPSA) is 97.9 Å². The first-order valence-corrected chi connectivity index (χ1v) is 13.1. The Kier molecular flexibility index (Phi) is 7.21. The third kappa shape index (κ3) is 5.07. The van der Waals surface area contributed by atoms with Crippen molar-refractivity contribution in [3.63, 3.8) is 0 Å². The first kappa shape index (κ1) is 25.2. The molecule has 0 aliphatic carbocycles. The smallest absolute Gasteiger partial charge is 0.252 e. The molecule has 3 aromatic rings. The molecule has 1 aliphatic heterocycles. The molecule has 0 bridgehead atoms. The largest absolute Gasteiger partial charge is 0.493 e. The summed E-state index contributed by atoms with van der Waals surface area (Å²) < 4.78 is 45.8. The van der Waals surface area contributed by atoms with Crippen LogP contribution < -0.4 is 15.0 Å². The van der Waals surface area contributed by atoms with E-state index in [2.05, 4.69) is 4.98 Å². The number of hydrogen-bond acceptors (Lipinski definition) is 6. The molecule has 35 heavy (non-hydrogen) atoms. The molecule has 0 unspecified atom stereocenters. The van der Waals surface area contributed by atoms with Gasteiger partial charge in [0.2, 0.25) is 10.0 Å². The van der Waals surface area contributed by atoms with E-state index in [4.69, 9.17) is 14.2 Å². The molecule has 1 atom stereocenters. The van der Waals surface area contributed by atoms with E-state index < -0.39 is 10.0 Å². The van der Waals surface area contributed by atoms with Gasteiger partial charge in [-0.3, -0.25) is 4.79 Å². The molecule has 1 N–H and O–H groups in total. The number of aryl methyl sites for hydroxylation is 3. The van der Waals surface area contributed by atoms with E-state index in [0.29, 0.717) is 40.3 Å². The molecular weight excluding hydrogens is 468 g/mol. The van der Waals surface area contributed by atoms with Crippen molar-refractivity contribution in [1.82, 2.24) is 9.29 Å². The summed E-state index contributed by atoms with van der Waals surface area (Å²) in [5.74, 6) is 1.02. The minimum absolute atomic E-state index is 0.0748. The number of aromatic amines is 1. The lowest BCUT2D eigenvalue weighted by Crippen LogP contribution is -2.38. The van der Waals surface area contributed by atoms with Crippen LogP contribution in [0.4, 0.5) is 0 Å². The van der Waals surface area contributed by atoms with Gasteiger partial charge in [-0.25, -0.2) is 8.42 Å². The molecule has 0 spiro atoms. The van der Waals surface area contributed by atoms with Crippen LogP contribution in [0.1, 0.15) is 35.1 Å². The molecule has 4 rings (SSSR count). The zero-order valence-corrected chi connectivity index (χ0v) is 21.6. The van der Waals surface area contributed by atoms with E-state index in [9.17, 15) is 13.2 Å². The highest BCUT2D eigenvalue weighted by molar-refractivity contribution is 7.89. The Bertz CT molecular complexity index is 1380. The van der Waals surface area contributed by atoms with E-state index >= 15 is 0 Å². The Labute approximate surface area is 205 Å². The highest BCUT2D eigenvalue weighted by Crippen LogP contribution is 2.32. The molecule has 1 aromatic heterocycles. The van der Waals surface area contributed by atoms with Crippen molar-refractivity contribution in [3.8, 4) is 11.5 Å². The second kappa shape index (κ2) is 10.0. The average molecular weight is 501 g/mol. The average Bonchev–Trinajstić information content (AvgIpc) is 3.30. The number of pyridine rings is 1. The third-order valence-electron chi connectivity index (χ3n) is 6.41. The van der Waals surface area contributed by atoms with Gasteiger partial charge in [0, 0.05) is 36.7 Å². The van der Waals surface area contributed by atoms with Crippen LogP contribution in [-0.2, 0) is 21.3 Å². The lowest BCUT2D eigenvalue weighted by atomic mass is 10.1. The van der Waals surface area contributed by atoms with Gasteiger partial charge in [0.1, 0.15) is 0 Å². The summed E-state index contributed by atoms with van der Waals surface area (Å²) in [5.41, 5.74) is 2.94. The highest BCUT2D eigenvalue weighted by atomic mass is 32.2. The van der Waals surface area contributed by atoms with E-state index in [1.807, 2.05) is 19.1 Å². The predicted octanol–water partition coefficient (Wildman–Crippen LogP) is 3.84. The fourth-order valence-electron chi connectivity index (χ4n) is 4.85. The van der Waals surface area contributed by atoms with Gasteiger partial charge in [0.25, 0.3) is 5.56 Å². The van der Waals surface area contributed by atoms with Crippen LogP contribution in [0.3, 0.4) is 0 Å². The van der Waals surface area contributed by atoms with Crippen LogP contribution >= 0.6 is 0 Å². The normalized spacial score (nSPS) is 16.2. The number of fused-ring (bicyclic) bond motifs is 1. The van der Waals surface area contributed by atoms with Crippen LogP contribution in [0, 0.1) is 20.8 Å². The summed E-state index contributed by atoms with van der Waals surface area (Å²) in [6.07, 6.45) is 1.46. The van der Waals surface area contributed by atoms with Crippen LogP contribution in [0.15, 0.2) is 40.0 Å². The van der Waals surface area contributed by atoms with Crippen LogP contribution in [-0.4, -0.2) is 51.2 Å². The number of aromatic nitrogens is 1. The number of methoxy groups -OCH3 is 2. The Balaban J connectivity index is 1.79. The van der Waals surface area contributed by atoms with E-state index in [1.54, 1.807) is 39.2 Å². The maximum Gasteiger partial charge on any atom is 0.252 e. The molecule has 9 heteroatoms. The molecule has 0 radical (unpaired) electrons. The highest BCUT2D eigenvalue weighted by Gasteiger charge is 2.32. The van der Waals surface area contributed by atoms with Crippen molar-refractivity contribution in [2.24, 2.45) is 0 Å². The van der Waals surface area contributed by atoms with Crippen molar-refractivity contribution in [1.29, 1.82) is 0 Å². The second-order valence-corrected chi connectivity index (χ2v) is 11.0. The van der Waals surface area contributed by atoms with Gasteiger partial charge < -0.3 is 19.2 Å². The van der Waals surface area contributed by atoms with Gasteiger partial charge in [-0.1, -0.05) is 17.7 Å². The van der Waals surface area contributed by atoms with Crippen molar-refractivity contribution in [2.45, 2.75) is 51.2 Å². The molecule has 0 saturated carbocycles. The van der Waals surface area contributed by atoms with Crippen LogP contribution in [0.2, 0.25) is 0 Å². The monoisotopic (exact) mass is 500 g/mol. The van der Waals surface area contributed by atoms with Gasteiger partial charge in [0.05, 0.1) is 30.7 Å². The molecule has 2 aromatic carbocycles. The first-order chi connectivity index (χ1) is 16.6. The van der Waals surface area contributed by atoms with Crippen LogP contribution in [0.5, 0.6) is 11.5 Å². The van der Waals surface area contributed by atoms with Crippen LogP contribution in [0.25, 0.3) is 10.9 Å². The summed E-state index contributed by atoms with van der Waals surface area (Å²) >= 11 is 0. The zero-order chi connectivity index (χ0) is 25.3. The lowest BCUT2D eigenvalue weighted by molar-refractivity contribution is 0.0925. The molecule has 1 aliphatic rings. The number of ether oxygens (including phenoxy) is 3. The Morgan fingerprint density at radius 2 is 1.69 bits per heavy atom. The van der Waals surface area contributed by atoms with Crippen molar-refractivity contribution in [2.75, 3.05) is 27.4 Å². The number of nitrogens with zero attached hydrogens (tertiary/aromatic N) is 1. The minimum atomic E-state index is -3.90. The maximum atomic E-state index is 14.0. The summed E-state index contributed by atoms with van der Waals surface area (Å²) in [5, 5.41) is 0.717. The number of sulfonamides is 1. The summed E-state index contributed by atoms with van der Waals surface area (Å²) in [7, 11) is -0.836. The fraction of sp³-hybridized carbons (Fsp3) is 0.423. The van der Waals surface area contributed by atoms with E-state index in [-0.39, 0.29) is 29.6 Å². The minimum Gasteiger partial charge on any atom is -0.493 e. The molecular formula is C26H32N2O6S. The zero-order valence-electron chi connectivity index (χ0n) is 20.8. The number of benzene rings is 2. The Morgan fingerprint density at radius 1 is 1.03 bits per heavy atom. The van der Waals surface area contributed by atoms with Gasteiger partial charge in [0.15, 0.2) is 11.5 Å². The van der Waals surface area contributed by atoms with Gasteiger partial charge in [-0.15, -0.1) is 0 Å². The number of hydrogen-bond donors (Lipinski definition) is 1. The second-order valence-electron chi connectivity index (χ2n) is 9.08. The Hall–Kier alpha value is -2.88. The molecule has 1 fully saturated rings. The quantitative estimate of drug-likeness (QED) is 0.505. The van der Waals surface area contributed by atoms with Gasteiger partial charge in [-0.2, -0.15) is 4.31 Å². The summed E-state index contributed by atoms with van der Waals surface area (Å²) in [4.78, 5) is 16.2. The SMILES string of the molecule is COc1cc2cc(CN(C[C@H]3CCCO3)S(=O)(=O)c3c(C)cc(C)cc3C)c(=O)[nH]c2cc1OC. The van der Waals surface area contributed by atoms with Crippen molar-refractivity contribution in [3.05, 3.63) is 62.9 Å². The summed E-state index contributed by atoms with van der Waals surface area (Å²) in [6.45, 7) is 6.27. The number of H-pyrrole nitrogens is 1. The predicted molar refractivity (Wildman–Crippen MR) is 135 cm³/mol. The molecule has 188 valence electrons. The van der Waals surface area contributed by atoms with Gasteiger partial charge >= 0.3 is 0 Å². The van der Waals surface area contributed by atoms with Gasteiger partial charge in [-0.05, 0) is 56.9 Å². The molecule has 8 nitrogen and oxygen atoms in total. The standard InChI is InChI=1S/C26H32N2O6S/c1-16-9-17(2)25(18(3)10-16)35(30,31)28(15-21-7-6-8-34-21)14-20-11-19-12-23(32-4)24(33-5)13-22(19)27-26(20)29/h9-13,21H,6-8,14-15H2,1-5H3,(H,27,29)/t21-/m1/s1. The number of rotatable bonds is 8. The Morgan fingerprint density at radius 3 is 2.29 bits per heavy atom. The van der Waals surface area contributed by atoms with E-state index in [1.165, 1.54) is 11.4 Å². The molecule has 0 amide bonds. The third-order valence-corrected chi connectivity index (χ3v) is 8.52. The van der Waals surface area contributed by atoms with Crippen molar-refractivity contribution < 1.29 is 22.6 Å². The van der Waals surface area contributed by atoms with Crippen molar-refractivity contribution >= 4 is 20.9 Å².